The van der Waals surface area contributed by atoms with Crippen LogP contribution in [0.1, 0.15) is 11.0 Å². The molecule has 0 fully saturated rings. The highest BCUT2D eigenvalue weighted by atomic mass is 35.5. The maximum atomic E-state index is 11.2. The van der Waals surface area contributed by atoms with Crippen molar-refractivity contribution in [1.29, 1.82) is 0 Å². The zero-order valence-corrected chi connectivity index (χ0v) is 11.0. The summed E-state index contributed by atoms with van der Waals surface area (Å²) in [6.07, 6.45) is -0.305. The van der Waals surface area contributed by atoms with Gasteiger partial charge in [-0.05, 0) is 12.1 Å². The molecule has 0 saturated carbocycles. The highest BCUT2D eigenvalue weighted by Gasteiger charge is 2.17. The molecule has 17 heavy (non-hydrogen) atoms. The van der Waals surface area contributed by atoms with E-state index >= 15 is 0 Å². The van der Waals surface area contributed by atoms with E-state index in [1.165, 1.54) is 25.5 Å². The lowest BCUT2D eigenvalue weighted by molar-refractivity contribution is -0.139. The van der Waals surface area contributed by atoms with Gasteiger partial charge in [-0.25, -0.2) is 0 Å². The Morgan fingerprint density at radius 1 is 1.47 bits per heavy atom. The number of halogens is 1. The van der Waals surface area contributed by atoms with E-state index < -0.39 is 11.8 Å². The van der Waals surface area contributed by atoms with Crippen LogP contribution in [0.5, 0.6) is 0 Å². The molecule has 1 aromatic rings. The van der Waals surface area contributed by atoms with Gasteiger partial charge in [0, 0.05) is 25.6 Å². The standard InChI is InChI=1S/C10H13ClN2O3S/c1-12-9(14)10(15)13-5-6(16-2)7-3-4-8(11)17-7/h3-4,6H,5H2,1-2H3,(H,12,14)(H,13,15)/t6-/m0/s1. The van der Waals surface area contributed by atoms with E-state index in [0.29, 0.717) is 4.34 Å². The number of nitrogens with one attached hydrogen (secondary N) is 2. The second kappa shape index (κ2) is 6.58. The van der Waals surface area contributed by atoms with Gasteiger partial charge in [0.15, 0.2) is 0 Å². The minimum atomic E-state index is -0.683. The van der Waals surface area contributed by atoms with Crippen molar-refractivity contribution in [3.63, 3.8) is 0 Å². The van der Waals surface area contributed by atoms with Crippen molar-refractivity contribution in [2.75, 3.05) is 20.7 Å². The zero-order valence-electron chi connectivity index (χ0n) is 9.45. The number of hydrogen-bond acceptors (Lipinski definition) is 4. The third-order valence-electron chi connectivity index (χ3n) is 2.08. The summed E-state index contributed by atoms with van der Waals surface area (Å²) >= 11 is 7.18. The van der Waals surface area contributed by atoms with Crippen LogP contribution in [0.15, 0.2) is 12.1 Å². The fraction of sp³-hybridized carbons (Fsp3) is 0.400. The van der Waals surface area contributed by atoms with E-state index in [1.807, 2.05) is 6.07 Å². The van der Waals surface area contributed by atoms with Gasteiger partial charge in [-0.15, -0.1) is 11.3 Å². The molecule has 0 saturated heterocycles. The summed E-state index contributed by atoms with van der Waals surface area (Å²) in [6, 6.07) is 3.58. The Labute approximate surface area is 108 Å². The van der Waals surface area contributed by atoms with E-state index in [-0.39, 0.29) is 12.6 Å². The number of carbonyl (C=O) groups excluding carboxylic acids is 2. The number of hydrogen-bond donors (Lipinski definition) is 2. The topological polar surface area (TPSA) is 67.4 Å². The molecular formula is C10H13ClN2O3S. The third kappa shape index (κ3) is 3.99. The first-order valence-corrected chi connectivity index (χ1v) is 6.06. The van der Waals surface area contributed by atoms with Gasteiger partial charge in [0.1, 0.15) is 6.10 Å². The highest BCUT2D eigenvalue weighted by molar-refractivity contribution is 7.16. The average Bonchev–Trinajstić information content (AvgIpc) is 2.75. The minimum Gasteiger partial charge on any atom is -0.374 e. The van der Waals surface area contributed by atoms with Gasteiger partial charge >= 0.3 is 11.8 Å². The van der Waals surface area contributed by atoms with E-state index in [1.54, 1.807) is 6.07 Å². The molecule has 1 atom stereocenters. The van der Waals surface area contributed by atoms with Gasteiger partial charge < -0.3 is 15.4 Å². The van der Waals surface area contributed by atoms with E-state index in [0.717, 1.165) is 4.88 Å². The van der Waals surface area contributed by atoms with Crippen LogP contribution in [0.4, 0.5) is 0 Å². The summed E-state index contributed by atoms with van der Waals surface area (Å²) in [5.41, 5.74) is 0. The summed E-state index contributed by atoms with van der Waals surface area (Å²) in [7, 11) is 2.93. The van der Waals surface area contributed by atoms with E-state index in [4.69, 9.17) is 16.3 Å². The Morgan fingerprint density at radius 3 is 2.65 bits per heavy atom. The van der Waals surface area contributed by atoms with Crippen LogP contribution in [-0.4, -0.2) is 32.5 Å². The van der Waals surface area contributed by atoms with Gasteiger partial charge in [0.2, 0.25) is 0 Å². The van der Waals surface area contributed by atoms with Crippen molar-refractivity contribution >= 4 is 34.8 Å². The van der Waals surface area contributed by atoms with Gasteiger partial charge in [0.05, 0.1) is 4.34 Å². The molecule has 0 unspecified atom stereocenters. The molecule has 1 aromatic heterocycles. The van der Waals surface area contributed by atoms with Crippen LogP contribution < -0.4 is 10.6 Å². The quantitative estimate of drug-likeness (QED) is 0.805. The smallest absolute Gasteiger partial charge is 0.309 e. The number of ether oxygens (including phenoxy) is 1. The van der Waals surface area contributed by atoms with Crippen LogP contribution in [0.3, 0.4) is 0 Å². The van der Waals surface area contributed by atoms with Crippen molar-refractivity contribution in [2.24, 2.45) is 0 Å². The lowest BCUT2D eigenvalue weighted by Gasteiger charge is -2.13. The Kier molecular flexibility index (Phi) is 5.40. The molecule has 1 rings (SSSR count). The highest BCUT2D eigenvalue weighted by Crippen LogP contribution is 2.28. The monoisotopic (exact) mass is 276 g/mol. The number of thiophene rings is 1. The maximum absolute atomic E-state index is 11.2. The Bertz CT molecular complexity index is 408. The molecule has 0 bridgehead atoms. The second-order valence-corrected chi connectivity index (χ2v) is 4.90. The van der Waals surface area contributed by atoms with Crippen LogP contribution in [0, 0.1) is 0 Å². The van der Waals surface area contributed by atoms with Gasteiger partial charge in [0.25, 0.3) is 0 Å². The van der Waals surface area contributed by atoms with Gasteiger partial charge in [-0.1, -0.05) is 11.6 Å². The summed E-state index contributed by atoms with van der Waals surface area (Å²) in [5, 5.41) is 4.72. The summed E-state index contributed by atoms with van der Waals surface area (Å²) < 4.78 is 5.87. The molecule has 5 nitrogen and oxygen atoms in total. The number of methoxy groups -OCH3 is 1. The largest absolute Gasteiger partial charge is 0.374 e. The molecule has 7 heteroatoms. The van der Waals surface area contributed by atoms with Crippen molar-refractivity contribution in [1.82, 2.24) is 10.6 Å². The molecule has 2 N–H and O–H groups in total. The van der Waals surface area contributed by atoms with Crippen LogP contribution >= 0.6 is 22.9 Å². The van der Waals surface area contributed by atoms with Crippen LogP contribution in [0.25, 0.3) is 0 Å². The summed E-state index contributed by atoms with van der Waals surface area (Å²) in [6.45, 7) is 0.222. The first-order valence-electron chi connectivity index (χ1n) is 4.86. The van der Waals surface area contributed by atoms with Crippen molar-refractivity contribution in [3.05, 3.63) is 21.3 Å². The first kappa shape index (κ1) is 14.0. The molecule has 1 heterocycles. The summed E-state index contributed by atoms with van der Waals surface area (Å²) in [4.78, 5) is 23.1. The van der Waals surface area contributed by atoms with Crippen LogP contribution in [0.2, 0.25) is 4.34 Å². The molecule has 0 aliphatic rings. The molecule has 0 aliphatic carbocycles. The predicted octanol–water partition coefficient (Wildman–Crippen LogP) is 0.951. The molecule has 0 aliphatic heterocycles. The molecule has 0 radical (unpaired) electrons. The number of likely N-dealkylation sites (N-methyl/N-ethyl adjacent to an activating group) is 1. The number of carbonyl (C=O) groups is 2. The summed E-state index contributed by atoms with van der Waals surface area (Å²) in [5.74, 6) is -1.36. The Morgan fingerprint density at radius 2 is 2.18 bits per heavy atom. The normalized spacial score (nSPS) is 11.9. The molecule has 0 aromatic carbocycles. The fourth-order valence-corrected chi connectivity index (χ4v) is 2.32. The average molecular weight is 277 g/mol. The lowest BCUT2D eigenvalue weighted by atomic mass is 10.3. The molecule has 2 amide bonds. The maximum Gasteiger partial charge on any atom is 0.309 e. The minimum absolute atomic E-state index is 0.222. The lowest BCUT2D eigenvalue weighted by Crippen LogP contribution is -2.40. The molecule has 0 spiro atoms. The first-order chi connectivity index (χ1) is 8.08. The molecule has 94 valence electrons. The van der Waals surface area contributed by atoms with Gasteiger partial charge in [-0.3, -0.25) is 9.59 Å². The van der Waals surface area contributed by atoms with E-state index in [2.05, 4.69) is 10.6 Å². The number of rotatable bonds is 4. The van der Waals surface area contributed by atoms with Crippen molar-refractivity contribution in [3.8, 4) is 0 Å². The predicted molar refractivity (Wildman–Crippen MR) is 66.2 cm³/mol. The van der Waals surface area contributed by atoms with E-state index in [9.17, 15) is 9.59 Å². The van der Waals surface area contributed by atoms with Crippen molar-refractivity contribution < 1.29 is 14.3 Å². The fourth-order valence-electron chi connectivity index (χ4n) is 1.18. The van der Waals surface area contributed by atoms with Gasteiger partial charge in [-0.2, -0.15) is 0 Å². The van der Waals surface area contributed by atoms with Crippen LogP contribution in [-0.2, 0) is 14.3 Å². The number of amides is 2. The molecular weight excluding hydrogens is 264 g/mol. The second-order valence-electron chi connectivity index (χ2n) is 3.16. The Balaban J connectivity index is 2.54. The third-order valence-corrected chi connectivity index (χ3v) is 3.40. The SMILES string of the molecule is CNC(=O)C(=O)NC[C@H](OC)c1ccc(Cl)s1. The Hall–Kier alpha value is -1.11. The van der Waals surface area contributed by atoms with Crippen molar-refractivity contribution in [2.45, 2.75) is 6.10 Å². The zero-order chi connectivity index (χ0) is 12.8.